The molecule has 1 saturated heterocycles. The summed E-state index contributed by atoms with van der Waals surface area (Å²) >= 11 is 5.50. The number of piperazine rings is 1. The predicted octanol–water partition coefficient (Wildman–Crippen LogP) is 2.67. The Kier molecular flexibility index (Phi) is 7.85. The van der Waals surface area contributed by atoms with Crippen molar-refractivity contribution in [3.63, 3.8) is 0 Å². The first kappa shape index (κ1) is 19.4. The van der Waals surface area contributed by atoms with Crippen LogP contribution in [0.3, 0.4) is 0 Å². The number of rotatable bonds is 7. The molecule has 25 heavy (non-hydrogen) atoms. The van der Waals surface area contributed by atoms with E-state index in [9.17, 15) is 9.59 Å². The molecule has 0 unspecified atom stereocenters. The second-order valence-electron chi connectivity index (χ2n) is 5.89. The summed E-state index contributed by atoms with van der Waals surface area (Å²) < 4.78 is 10.7. The van der Waals surface area contributed by atoms with E-state index in [-0.39, 0.29) is 24.5 Å². The van der Waals surface area contributed by atoms with Gasteiger partial charge in [0.25, 0.3) is 0 Å². The maximum Gasteiger partial charge on any atom is 0.409 e. The van der Waals surface area contributed by atoms with Gasteiger partial charge in [-0.1, -0.05) is 18.2 Å². The summed E-state index contributed by atoms with van der Waals surface area (Å²) in [7, 11) is 0. The van der Waals surface area contributed by atoms with Crippen molar-refractivity contribution >= 4 is 23.6 Å². The molecular weight excluding hydrogens is 344 g/mol. The Morgan fingerprint density at radius 3 is 2.44 bits per heavy atom. The van der Waals surface area contributed by atoms with Crippen molar-refractivity contribution in [3.05, 3.63) is 29.8 Å². The molecule has 0 atom stereocenters. The lowest BCUT2D eigenvalue weighted by Crippen LogP contribution is -2.50. The highest BCUT2D eigenvalue weighted by molar-refractivity contribution is 6.18. The molecule has 0 aliphatic carbocycles. The Morgan fingerprint density at radius 1 is 1.08 bits per heavy atom. The fourth-order valence-corrected chi connectivity index (χ4v) is 2.71. The second kappa shape index (κ2) is 10.1. The molecule has 1 aromatic rings. The van der Waals surface area contributed by atoms with Crippen LogP contribution in [0, 0.1) is 6.92 Å². The molecule has 1 fully saturated rings. The minimum atomic E-state index is -0.362. The molecule has 7 heteroatoms. The molecule has 1 aliphatic rings. The molecule has 138 valence electrons. The lowest BCUT2D eigenvalue weighted by atomic mass is 10.2. The van der Waals surface area contributed by atoms with Crippen LogP contribution in [-0.4, -0.2) is 67.1 Å². The number of hydrogen-bond donors (Lipinski definition) is 0. The van der Waals surface area contributed by atoms with Gasteiger partial charge >= 0.3 is 6.09 Å². The minimum Gasteiger partial charge on any atom is -0.493 e. The van der Waals surface area contributed by atoms with E-state index in [1.54, 1.807) is 9.80 Å². The van der Waals surface area contributed by atoms with E-state index < -0.39 is 0 Å². The van der Waals surface area contributed by atoms with E-state index in [2.05, 4.69) is 0 Å². The van der Waals surface area contributed by atoms with Crippen molar-refractivity contribution in [2.45, 2.75) is 19.8 Å². The topological polar surface area (TPSA) is 59.1 Å². The maximum absolute atomic E-state index is 12.2. The van der Waals surface area contributed by atoms with Crippen molar-refractivity contribution in [3.8, 4) is 5.75 Å². The van der Waals surface area contributed by atoms with Crippen molar-refractivity contribution in [2.75, 3.05) is 45.3 Å². The van der Waals surface area contributed by atoms with Crippen LogP contribution >= 0.6 is 11.6 Å². The van der Waals surface area contributed by atoms with Crippen LogP contribution in [0.1, 0.15) is 18.4 Å². The summed E-state index contributed by atoms with van der Waals surface area (Å²) in [5.41, 5.74) is 1.09. The number of amides is 2. The Bertz CT molecular complexity index is 574. The van der Waals surface area contributed by atoms with E-state index in [0.29, 0.717) is 45.6 Å². The molecule has 2 amide bonds. The Labute approximate surface area is 153 Å². The van der Waals surface area contributed by atoms with Crippen molar-refractivity contribution < 1.29 is 19.1 Å². The van der Waals surface area contributed by atoms with Crippen LogP contribution in [0.2, 0.25) is 0 Å². The van der Waals surface area contributed by atoms with E-state index in [0.717, 1.165) is 11.3 Å². The van der Waals surface area contributed by atoms with Gasteiger partial charge in [0.2, 0.25) is 5.91 Å². The Hall–Kier alpha value is -1.95. The summed E-state index contributed by atoms with van der Waals surface area (Å²) in [4.78, 5) is 27.4. The van der Waals surface area contributed by atoms with Gasteiger partial charge in [0.05, 0.1) is 12.5 Å². The summed E-state index contributed by atoms with van der Waals surface area (Å²) in [6.45, 7) is 4.78. The number of nitrogens with zero attached hydrogens (tertiary/aromatic N) is 2. The van der Waals surface area contributed by atoms with Crippen molar-refractivity contribution in [1.29, 1.82) is 0 Å². The minimum absolute atomic E-state index is 0.0992. The first-order valence-corrected chi connectivity index (χ1v) is 9.09. The van der Waals surface area contributed by atoms with Gasteiger partial charge in [-0.15, -0.1) is 11.6 Å². The first-order valence-electron chi connectivity index (χ1n) is 8.55. The number of benzene rings is 1. The number of aryl methyl sites for hydroxylation is 1. The largest absolute Gasteiger partial charge is 0.493 e. The lowest BCUT2D eigenvalue weighted by Gasteiger charge is -2.34. The third-order valence-electron chi connectivity index (χ3n) is 4.08. The number of hydrogen-bond acceptors (Lipinski definition) is 4. The highest BCUT2D eigenvalue weighted by Crippen LogP contribution is 2.16. The quantitative estimate of drug-likeness (QED) is 0.548. The van der Waals surface area contributed by atoms with Gasteiger partial charge in [-0.2, -0.15) is 0 Å². The van der Waals surface area contributed by atoms with Gasteiger partial charge in [-0.25, -0.2) is 4.79 Å². The molecule has 0 bridgehead atoms. The van der Waals surface area contributed by atoms with E-state index >= 15 is 0 Å². The van der Waals surface area contributed by atoms with Gasteiger partial charge in [0, 0.05) is 32.6 Å². The van der Waals surface area contributed by atoms with E-state index in [1.165, 1.54) is 0 Å². The molecule has 0 radical (unpaired) electrons. The van der Waals surface area contributed by atoms with Gasteiger partial charge in [-0.05, 0) is 25.0 Å². The number of para-hydroxylation sites is 1. The fraction of sp³-hybridized carbons (Fsp3) is 0.556. The van der Waals surface area contributed by atoms with Crippen LogP contribution < -0.4 is 4.74 Å². The zero-order valence-corrected chi connectivity index (χ0v) is 15.3. The monoisotopic (exact) mass is 368 g/mol. The molecule has 1 aliphatic heterocycles. The van der Waals surface area contributed by atoms with Crippen LogP contribution in [0.15, 0.2) is 24.3 Å². The van der Waals surface area contributed by atoms with Gasteiger partial charge in [-0.3, -0.25) is 4.79 Å². The number of carbonyl (C=O) groups is 2. The molecule has 6 nitrogen and oxygen atoms in total. The van der Waals surface area contributed by atoms with Gasteiger partial charge in [0.15, 0.2) is 0 Å². The molecule has 0 saturated carbocycles. The summed E-state index contributed by atoms with van der Waals surface area (Å²) in [6, 6.07) is 7.83. The first-order chi connectivity index (χ1) is 12.1. The van der Waals surface area contributed by atoms with Crippen molar-refractivity contribution in [2.24, 2.45) is 0 Å². The average molecular weight is 369 g/mol. The van der Waals surface area contributed by atoms with Gasteiger partial charge in [0.1, 0.15) is 12.4 Å². The van der Waals surface area contributed by atoms with Crippen LogP contribution in [0.4, 0.5) is 4.79 Å². The van der Waals surface area contributed by atoms with Crippen LogP contribution in [-0.2, 0) is 9.53 Å². The number of halogens is 1. The molecule has 1 heterocycles. The zero-order chi connectivity index (χ0) is 18.1. The summed E-state index contributed by atoms with van der Waals surface area (Å²) in [6.07, 6.45) is 0.757. The zero-order valence-electron chi connectivity index (χ0n) is 14.6. The Morgan fingerprint density at radius 2 is 1.76 bits per heavy atom. The van der Waals surface area contributed by atoms with Crippen molar-refractivity contribution in [1.82, 2.24) is 9.80 Å². The third-order valence-corrected chi connectivity index (χ3v) is 4.23. The van der Waals surface area contributed by atoms with Crippen LogP contribution in [0.25, 0.3) is 0 Å². The maximum atomic E-state index is 12.2. The smallest absolute Gasteiger partial charge is 0.409 e. The molecule has 0 N–H and O–H groups in total. The Balaban J connectivity index is 1.64. The average Bonchev–Trinajstić information content (AvgIpc) is 2.64. The van der Waals surface area contributed by atoms with E-state index in [1.807, 2.05) is 31.2 Å². The number of alkyl halides is 1. The summed E-state index contributed by atoms with van der Waals surface area (Å²) in [5.74, 6) is 1.25. The molecule has 2 rings (SSSR count). The van der Waals surface area contributed by atoms with Gasteiger partial charge < -0.3 is 19.3 Å². The standard InChI is InChI=1S/C18H25ClN2O4/c1-15-5-2-3-6-16(15)24-13-4-7-17(22)20-9-11-21(12-10-20)18(23)25-14-8-19/h2-3,5-6H,4,7-14H2,1H3. The highest BCUT2D eigenvalue weighted by atomic mass is 35.5. The SMILES string of the molecule is Cc1ccccc1OCCCC(=O)N1CCN(C(=O)OCCCl)CC1. The summed E-state index contributed by atoms with van der Waals surface area (Å²) in [5, 5.41) is 0. The number of carbonyl (C=O) groups excluding carboxylic acids is 2. The fourth-order valence-electron chi connectivity index (χ4n) is 2.64. The highest BCUT2D eigenvalue weighted by Gasteiger charge is 2.24. The molecule has 1 aromatic carbocycles. The predicted molar refractivity (Wildman–Crippen MR) is 96.1 cm³/mol. The molecule has 0 spiro atoms. The van der Waals surface area contributed by atoms with Crippen LogP contribution in [0.5, 0.6) is 5.75 Å². The number of ether oxygens (including phenoxy) is 2. The molecule has 0 aromatic heterocycles. The normalized spacial score (nSPS) is 14.3. The molecular formula is C18H25ClN2O4. The lowest BCUT2D eigenvalue weighted by molar-refractivity contribution is -0.133. The second-order valence-corrected chi connectivity index (χ2v) is 6.27. The third kappa shape index (κ3) is 6.12. The van der Waals surface area contributed by atoms with E-state index in [4.69, 9.17) is 21.1 Å².